The standard InChI is InChI=1S/C16H16Cl2N4S/c17-12-2-1-3-13(15(12)18)23-8-9-4-21-14(5-20-9)22-6-10-11(7-22)16(10)19/h1-5,10-11,16H,6-8,19H2. The first-order chi connectivity index (χ1) is 11.1. The van der Waals surface area contributed by atoms with Crippen LogP contribution >= 0.6 is 35.0 Å². The molecular weight excluding hydrogens is 351 g/mol. The smallest absolute Gasteiger partial charge is 0.147 e. The maximum absolute atomic E-state index is 6.19. The predicted molar refractivity (Wildman–Crippen MR) is 95.2 cm³/mol. The maximum Gasteiger partial charge on any atom is 0.147 e. The van der Waals surface area contributed by atoms with Gasteiger partial charge >= 0.3 is 0 Å². The molecule has 1 aliphatic carbocycles. The fourth-order valence-electron chi connectivity index (χ4n) is 3.09. The number of nitrogens with zero attached hydrogens (tertiary/aromatic N) is 3. The van der Waals surface area contributed by atoms with Gasteiger partial charge in [-0.1, -0.05) is 29.3 Å². The van der Waals surface area contributed by atoms with Gasteiger partial charge in [0.1, 0.15) is 5.82 Å². The summed E-state index contributed by atoms with van der Waals surface area (Å²) in [5.41, 5.74) is 6.89. The Morgan fingerprint density at radius 3 is 2.65 bits per heavy atom. The molecule has 2 aromatic rings. The molecule has 4 rings (SSSR count). The summed E-state index contributed by atoms with van der Waals surface area (Å²) in [6.45, 7) is 2.01. The maximum atomic E-state index is 6.19. The predicted octanol–water partition coefficient (Wildman–Crippen LogP) is 3.47. The summed E-state index contributed by atoms with van der Waals surface area (Å²) >= 11 is 13.8. The molecule has 120 valence electrons. The number of rotatable bonds is 4. The van der Waals surface area contributed by atoms with Gasteiger partial charge in [0.2, 0.25) is 0 Å². The number of halogens is 2. The van der Waals surface area contributed by atoms with Gasteiger partial charge in [-0.3, -0.25) is 4.98 Å². The molecule has 23 heavy (non-hydrogen) atoms. The first-order valence-electron chi connectivity index (χ1n) is 7.52. The molecule has 2 unspecified atom stereocenters. The Morgan fingerprint density at radius 2 is 1.96 bits per heavy atom. The molecule has 1 aromatic carbocycles. The second kappa shape index (κ2) is 6.13. The van der Waals surface area contributed by atoms with E-state index in [4.69, 9.17) is 28.9 Å². The largest absolute Gasteiger partial charge is 0.355 e. The van der Waals surface area contributed by atoms with Gasteiger partial charge in [0.05, 0.1) is 28.1 Å². The van der Waals surface area contributed by atoms with E-state index in [1.165, 1.54) is 0 Å². The van der Waals surface area contributed by atoms with E-state index in [0.29, 0.717) is 33.7 Å². The molecule has 1 saturated heterocycles. The molecule has 2 heterocycles. The molecule has 0 spiro atoms. The lowest BCUT2D eigenvalue weighted by molar-refractivity contribution is 0.733. The van der Waals surface area contributed by atoms with Gasteiger partial charge in [-0.25, -0.2) is 4.98 Å². The first kappa shape index (κ1) is 15.5. The summed E-state index contributed by atoms with van der Waals surface area (Å²) in [7, 11) is 0. The average molecular weight is 367 g/mol. The SMILES string of the molecule is NC1C2CN(c3cnc(CSc4cccc(Cl)c4Cl)cn3)CC12. The highest BCUT2D eigenvalue weighted by molar-refractivity contribution is 7.98. The number of fused-ring (bicyclic) bond motifs is 1. The molecule has 2 aliphatic rings. The Balaban J connectivity index is 1.38. The van der Waals surface area contributed by atoms with Crippen molar-refractivity contribution in [1.82, 2.24) is 9.97 Å². The number of benzene rings is 1. The molecule has 0 radical (unpaired) electrons. The summed E-state index contributed by atoms with van der Waals surface area (Å²) in [6.07, 6.45) is 3.69. The van der Waals surface area contributed by atoms with E-state index in [2.05, 4.69) is 14.9 Å². The molecule has 1 saturated carbocycles. The van der Waals surface area contributed by atoms with Crippen molar-refractivity contribution in [3.63, 3.8) is 0 Å². The molecule has 2 N–H and O–H groups in total. The number of anilines is 1. The Kier molecular flexibility index (Phi) is 4.13. The van der Waals surface area contributed by atoms with Crippen LogP contribution in [0.2, 0.25) is 10.0 Å². The van der Waals surface area contributed by atoms with Crippen LogP contribution in [0.25, 0.3) is 0 Å². The zero-order valence-electron chi connectivity index (χ0n) is 12.3. The van der Waals surface area contributed by atoms with Gasteiger partial charge in [0.25, 0.3) is 0 Å². The van der Waals surface area contributed by atoms with Crippen molar-refractivity contribution >= 4 is 40.8 Å². The average Bonchev–Trinajstić information content (AvgIpc) is 2.99. The fourth-order valence-corrected chi connectivity index (χ4v) is 4.48. The molecule has 2 fully saturated rings. The van der Waals surface area contributed by atoms with E-state index in [9.17, 15) is 0 Å². The Morgan fingerprint density at radius 1 is 1.17 bits per heavy atom. The first-order valence-corrected chi connectivity index (χ1v) is 9.26. The highest BCUT2D eigenvalue weighted by Crippen LogP contribution is 2.44. The van der Waals surface area contributed by atoms with Crippen LogP contribution in [-0.2, 0) is 5.75 Å². The third-order valence-electron chi connectivity index (χ3n) is 4.57. The third-order valence-corrected chi connectivity index (χ3v) is 6.59. The van der Waals surface area contributed by atoms with Crippen molar-refractivity contribution in [2.75, 3.05) is 18.0 Å². The van der Waals surface area contributed by atoms with Crippen LogP contribution in [0.3, 0.4) is 0 Å². The monoisotopic (exact) mass is 366 g/mol. The van der Waals surface area contributed by atoms with E-state index in [1.54, 1.807) is 17.8 Å². The van der Waals surface area contributed by atoms with Gasteiger partial charge in [-0.05, 0) is 24.0 Å². The second-order valence-corrected chi connectivity index (χ2v) is 7.82. The lowest BCUT2D eigenvalue weighted by atomic mass is 10.4. The zero-order valence-corrected chi connectivity index (χ0v) is 14.7. The normalized spacial score (nSPS) is 25.5. The molecule has 1 aliphatic heterocycles. The lowest BCUT2D eigenvalue weighted by Gasteiger charge is -2.19. The minimum Gasteiger partial charge on any atom is -0.355 e. The van der Waals surface area contributed by atoms with E-state index in [0.717, 1.165) is 29.5 Å². The van der Waals surface area contributed by atoms with E-state index in [1.807, 2.05) is 24.5 Å². The Hall–Kier alpha value is -1.01. The van der Waals surface area contributed by atoms with Crippen molar-refractivity contribution in [3.8, 4) is 0 Å². The lowest BCUT2D eigenvalue weighted by Crippen LogP contribution is -2.28. The summed E-state index contributed by atoms with van der Waals surface area (Å²) in [5.74, 6) is 2.96. The number of thioether (sulfide) groups is 1. The quantitative estimate of drug-likeness (QED) is 0.839. The molecule has 1 aromatic heterocycles. The number of piperidine rings is 1. The summed E-state index contributed by atoms with van der Waals surface area (Å²) in [5, 5.41) is 1.17. The minimum absolute atomic E-state index is 0.400. The van der Waals surface area contributed by atoms with E-state index < -0.39 is 0 Å². The second-order valence-electron chi connectivity index (χ2n) is 6.02. The van der Waals surface area contributed by atoms with Gasteiger partial charge in [0, 0.05) is 29.8 Å². The minimum atomic E-state index is 0.400. The molecule has 0 bridgehead atoms. The Bertz CT molecular complexity index is 713. The van der Waals surface area contributed by atoms with Crippen LogP contribution < -0.4 is 10.6 Å². The fraction of sp³-hybridized carbons (Fsp3) is 0.375. The van der Waals surface area contributed by atoms with Crippen molar-refractivity contribution in [2.45, 2.75) is 16.7 Å². The van der Waals surface area contributed by atoms with E-state index in [-0.39, 0.29) is 0 Å². The third kappa shape index (κ3) is 3.03. The zero-order chi connectivity index (χ0) is 16.0. The highest BCUT2D eigenvalue weighted by Gasteiger charge is 2.53. The van der Waals surface area contributed by atoms with Gasteiger partial charge in [-0.2, -0.15) is 0 Å². The molecule has 2 atom stereocenters. The van der Waals surface area contributed by atoms with Crippen molar-refractivity contribution in [2.24, 2.45) is 17.6 Å². The summed E-state index contributed by atoms with van der Waals surface area (Å²) in [6, 6.07) is 6.04. The van der Waals surface area contributed by atoms with E-state index >= 15 is 0 Å². The van der Waals surface area contributed by atoms with Crippen molar-refractivity contribution < 1.29 is 0 Å². The number of nitrogens with two attached hydrogens (primary N) is 1. The van der Waals surface area contributed by atoms with Crippen LogP contribution in [0.15, 0.2) is 35.5 Å². The summed E-state index contributed by atoms with van der Waals surface area (Å²) in [4.78, 5) is 12.3. The van der Waals surface area contributed by atoms with Crippen LogP contribution in [0.5, 0.6) is 0 Å². The molecular formula is C16H16Cl2N4S. The topological polar surface area (TPSA) is 55.0 Å². The van der Waals surface area contributed by atoms with Crippen LogP contribution in [-0.4, -0.2) is 29.1 Å². The van der Waals surface area contributed by atoms with Gasteiger partial charge < -0.3 is 10.6 Å². The van der Waals surface area contributed by atoms with Crippen molar-refractivity contribution in [3.05, 3.63) is 46.3 Å². The number of hydrogen-bond acceptors (Lipinski definition) is 5. The molecule has 7 heteroatoms. The molecule has 0 amide bonds. The van der Waals surface area contributed by atoms with Gasteiger partial charge in [0.15, 0.2) is 0 Å². The van der Waals surface area contributed by atoms with Crippen LogP contribution in [0.4, 0.5) is 5.82 Å². The van der Waals surface area contributed by atoms with Crippen molar-refractivity contribution in [1.29, 1.82) is 0 Å². The Labute approximate surface area is 149 Å². The number of aromatic nitrogens is 2. The summed E-state index contributed by atoms with van der Waals surface area (Å²) < 4.78 is 0. The highest BCUT2D eigenvalue weighted by atomic mass is 35.5. The van der Waals surface area contributed by atoms with Crippen LogP contribution in [0.1, 0.15) is 5.69 Å². The van der Waals surface area contributed by atoms with Gasteiger partial charge in [-0.15, -0.1) is 11.8 Å². The number of hydrogen-bond donors (Lipinski definition) is 1. The molecule has 4 nitrogen and oxygen atoms in total. The van der Waals surface area contributed by atoms with Crippen LogP contribution in [0, 0.1) is 11.8 Å².